The number of furan rings is 1. The van der Waals surface area contributed by atoms with Crippen LogP contribution >= 0.6 is 0 Å². The molecule has 3 rings (SSSR count). The zero-order valence-corrected chi connectivity index (χ0v) is 12.7. The predicted octanol–water partition coefficient (Wildman–Crippen LogP) is 3.23. The van der Waals surface area contributed by atoms with E-state index in [0.29, 0.717) is 12.1 Å². The first-order chi connectivity index (χ1) is 9.58. The van der Waals surface area contributed by atoms with E-state index in [2.05, 4.69) is 18.3 Å². The summed E-state index contributed by atoms with van der Waals surface area (Å²) in [5, 5.41) is 3.72. The van der Waals surface area contributed by atoms with Crippen molar-refractivity contribution in [3.63, 3.8) is 0 Å². The number of aryl methyl sites for hydroxylation is 2. The van der Waals surface area contributed by atoms with Gasteiger partial charge in [-0.15, -0.1) is 0 Å². The van der Waals surface area contributed by atoms with Crippen molar-refractivity contribution in [1.82, 2.24) is 5.32 Å². The Balaban J connectivity index is 1.55. The lowest BCUT2D eigenvalue weighted by Gasteiger charge is -2.36. The van der Waals surface area contributed by atoms with Gasteiger partial charge in [-0.1, -0.05) is 0 Å². The van der Waals surface area contributed by atoms with Gasteiger partial charge in [-0.3, -0.25) is 0 Å². The van der Waals surface area contributed by atoms with Crippen molar-refractivity contribution >= 4 is 0 Å². The van der Waals surface area contributed by atoms with Crippen LogP contribution in [0.3, 0.4) is 0 Å². The third kappa shape index (κ3) is 2.78. The van der Waals surface area contributed by atoms with Crippen molar-refractivity contribution in [2.45, 2.75) is 64.3 Å². The van der Waals surface area contributed by atoms with Gasteiger partial charge >= 0.3 is 0 Å². The second kappa shape index (κ2) is 5.51. The molecule has 20 heavy (non-hydrogen) atoms. The molecular weight excluding hydrogens is 254 g/mol. The van der Waals surface area contributed by atoms with Crippen molar-refractivity contribution < 1.29 is 13.9 Å². The Labute approximate surface area is 120 Å². The number of hydrogen-bond acceptors (Lipinski definition) is 4. The largest absolute Gasteiger partial charge is 0.466 e. The molecular formula is C16H25NO3. The Morgan fingerprint density at radius 1 is 1.20 bits per heavy atom. The lowest BCUT2D eigenvalue weighted by molar-refractivity contribution is -0.179. The lowest BCUT2D eigenvalue weighted by atomic mass is 9.89. The van der Waals surface area contributed by atoms with Crippen molar-refractivity contribution in [1.29, 1.82) is 0 Å². The summed E-state index contributed by atoms with van der Waals surface area (Å²) in [5.74, 6) is 1.75. The molecule has 4 nitrogen and oxygen atoms in total. The average Bonchev–Trinajstić information content (AvgIpc) is 3.00. The fourth-order valence-corrected chi connectivity index (χ4v) is 3.53. The van der Waals surface area contributed by atoms with Crippen molar-refractivity contribution in [3.05, 3.63) is 23.2 Å². The molecule has 0 amide bonds. The maximum absolute atomic E-state index is 5.78. The number of ether oxygens (including phenoxy) is 2. The van der Waals surface area contributed by atoms with Crippen LogP contribution < -0.4 is 5.32 Å². The molecule has 0 aromatic carbocycles. The summed E-state index contributed by atoms with van der Waals surface area (Å²) in [6, 6.07) is 3.01. The molecule has 4 heteroatoms. The first kappa shape index (κ1) is 14.1. The van der Waals surface area contributed by atoms with Gasteiger partial charge in [0, 0.05) is 30.5 Å². The number of nitrogens with one attached hydrogen (secondary N) is 1. The monoisotopic (exact) mass is 279 g/mol. The smallest absolute Gasteiger partial charge is 0.168 e. The Morgan fingerprint density at radius 3 is 2.40 bits per heavy atom. The van der Waals surface area contributed by atoms with Crippen molar-refractivity contribution in [3.8, 4) is 0 Å². The van der Waals surface area contributed by atoms with Gasteiger partial charge in [0.05, 0.1) is 13.2 Å². The summed E-state index contributed by atoms with van der Waals surface area (Å²) >= 11 is 0. The van der Waals surface area contributed by atoms with E-state index in [0.717, 1.165) is 50.4 Å². The van der Waals surface area contributed by atoms with Gasteiger partial charge in [0.1, 0.15) is 11.5 Å². The molecule has 1 spiro atoms. The van der Waals surface area contributed by atoms with E-state index in [9.17, 15) is 0 Å². The van der Waals surface area contributed by atoms with E-state index in [1.807, 2.05) is 13.8 Å². The van der Waals surface area contributed by atoms with Crippen LogP contribution in [0.1, 0.15) is 55.7 Å². The van der Waals surface area contributed by atoms with Crippen LogP contribution in [-0.2, 0) is 9.47 Å². The van der Waals surface area contributed by atoms with Crippen LogP contribution in [0, 0.1) is 13.8 Å². The van der Waals surface area contributed by atoms with Crippen LogP contribution in [0.2, 0.25) is 0 Å². The van der Waals surface area contributed by atoms with Gasteiger partial charge in [-0.2, -0.15) is 0 Å². The SMILES string of the molecule is Cc1cc(C(C)NC2CCC3(CC2)OCCO3)c(C)o1. The minimum absolute atomic E-state index is 0.260. The molecule has 1 saturated carbocycles. The highest BCUT2D eigenvalue weighted by atomic mass is 16.7. The second-order valence-corrected chi connectivity index (χ2v) is 6.14. The summed E-state index contributed by atoms with van der Waals surface area (Å²) < 4.78 is 17.2. The first-order valence-electron chi connectivity index (χ1n) is 7.69. The minimum Gasteiger partial charge on any atom is -0.466 e. The standard InChI is InChI=1S/C16H25NO3/c1-11-10-15(13(3)20-11)12(2)17-14-4-6-16(7-5-14)18-8-9-19-16/h10,12,14,17H,4-9H2,1-3H3. The lowest BCUT2D eigenvalue weighted by Crippen LogP contribution is -2.42. The maximum atomic E-state index is 5.78. The van der Waals surface area contributed by atoms with E-state index < -0.39 is 0 Å². The van der Waals surface area contributed by atoms with Gasteiger partial charge in [-0.05, 0) is 39.7 Å². The topological polar surface area (TPSA) is 43.6 Å². The Hall–Kier alpha value is -0.840. The zero-order valence-electron chi connectivity index (χ0n) is 12.7. The molecule has 1 aliphatic heterocycles. The van der Waals surface area contributed by atoms with Gasteiger partial charge in [0.25, 0.3) is 0 Å². The summed E-state index contributed by atoms with van der Waals surface area (Å²) in [5.41, 5.74) is 1.27. The first-order valence-corrected chi connectivity index (χ1v) is 7.69. The van der Waals surface area contributed by atoms with E-state index in [-0.39, 0.29) is 5.79 Å². The summed E-state index contributed by atoms with van der Waals surface area (Å²) in [6.07, 6.45) is 4.22. The quantitative estimate of drug-likeness (QED) is 0.922. The highest BCUT2D eigenvalue weighted by Crippen LogP contribution is 2.36. The average molecular weight is 279 g/mol. The summed E-state index contributed by atoms with van der Waals surface area (Å²) in [7, 11) is 0. The van der Waals surface area contributed by atoms with E-state index in [4.69, 9.17) is 13.9 Å². The highest BCUT2D eigenvalue weighted by molar-refractivity contribution is 5.23. The number of hydrogen-bond donors (Lipinski definition) is 1. The molecule has 112 valence electrons. The van der Waals surface area contributed by atoms with Crippen molar-refractivity contribution in [2.24, 2.45) is 0 Å². The van der Waals surface area contributed by atoms with Crippen LogP contribution in [0.25, 0.3) is 0 Å². The molecule has 2 fully saturated rings. The molecule has 2 heterocycles. The Kier molecular flexibility index (Phi) is 3.89. The van der Waals surface area contributed by atoms with Crippen LogP contribution in [0.5, 0.6) is 0 Å². The molecule has 1 saturated heterocycles. The zero-order chi connectivity index (χ0) is 14.2. The molecule has 1 aromatic rings. The van der Waals surface area contributed by atoms with Crippen LogP contribution in [0.15, 0.2) is 10.5 Å². The van der Waals surface area contributed by atoms with E-state index >= 15 is 0 Å². The van der Waals surface area contributed by atoms with Gasteiger partial charge in [0.2, 0.25) is 0 Å². The van der Waals surface area contributed by atoms with Crippen LogP contribution in [-0.4, -0.2) is 25.0 Å². The van der Waals surface area contributed by atoms with Crippen molar-refractivity contribution in [2.75, 3.05) is 13.2 Å². The normalized spacial score (nSPS) is 24.4. The molecule has 0 radical (unpaired) electrons. The fraction of sp³-hybridized carbons (Fsp3) is 0.750. The predicted molar refractivity (Wildman–Crippen MR) is 76.6 cm³/mol. The number of rotatable bonds is 3. The Bertz CT molecular complexity index is 452. The van der Waals surface area contributed by atoms with Gasteiger partial charge in [-0.25, -0.2) is 0 Å². The third-order valence-electron chi connectivity index (χ3n) is 4.59. The maximum Gasteiger partial charge on any atom is 0.168 e. The second-order valence-electron chi connectivity index (χ2n) is 6.14. The third-order valence-corrected chi connectivity index (χ3v) is 4.59. The summed E-state index contributed by atoms with van der Waals surface area (Å²) in [4.78, 5) is 0. The molecule has 2 aliphatic rings. The Morgan fingerprint density at radius 2 is 1.85 bits per heavy atom. The molecule has 1 N–H and O–H groups in total. The molecule has 1 atom stereocenters. The molecule has 1 aromatic heterocycles. The molecule has 1 aliphatic carbocycles. The van der Waals surface area contributed by atoms with E-state index in [1.54, 1.807) is 0 Å². The van der Waals surface area contributed by atoms with Gasteiger partial charge < -0.3 is 19.2 Å². The molecule has 0 bridgehead atoms. The van der Waals surface area contributed by atoms with Crippen LogP contribution in [0.4, 0.5) is 0 Å². The minimum atomic E-state index is -0.260. The molecule has 1 unspecified atom stereocenters. The van der Waals surface area contributed by atoms with E-state index in [1.165, 1.54) is 5.56 Å². The highest BCUT2D eigenvalue weighted by Gasteiger charge is 2.40. The van der Waals surface area contributed by atoms with Gasteiger partial charge in [0.15, 0.2) is 5.79 Å². The fourth-order valence-electron chi connectivity index (χ4n) is 3.53. The summed E-state index contributed by atoms with van der Waals surface area (Å²) in [6.45, 7) is 7.76.